The fraction of sp³-hybridized carbons (Fsp3) is 0.143. The Labute approximate surface area is 152 Å². The van der Waals surface area contributed by atoms with Gasteiger partial charge in [-0.1, -0.05) is 11.3 Å². The summed E-state index contributed by atoms with van der Waals surface area (Å²) < 4.78 is 40.2. The van der Waals surface area contributed by atoms with E-state index in [0.29, 0.717) is 16.0 Å². The molecule has 1 aromatic carbocycles. The lowest BCUT2D eigenvalue weighted by atomic mass is 10.3. The molecule has 0 aliphatic carbocycles. The number of amides is 1. The van der Waals surface area contributed by atoms with E-state index >= 15 is 0 Å². The van der Waals surface area contributed by atoms with Gasteiger partial charge in [-0.15, -0.1) is 34.7 Å². The van der Waals surface area contributed by atoms with E-state index in [-0.39, 0.29) is 11.4 Å². The van der Waals surface area contributed by atoms with Crippen molar-refractivity contribution in [3.63, 3.8) is 0 Å². The second kappa shape index (κ2) is 7.25. The van der Waals surface area contributed by atoms with Crippen LogP contribution in [-0.2, 0) is 0 Å². The van der Waals surface area contributed by atoms with Crippen molar-refractivity contribution in [1.82, 2.24) is 15.2 Å². The quantitative estimate of drug-likeness (QED) is 0.666. The summed E-state index contributed by atoms with van der Waals surface area (Å²) in [5, 5.41) is 16.1. The predicted molar refractivity (Wildman–Crippen MR) is 91.1 cm³/mol. The Kier molecular flexibility index (Phi) is 5.04. The van der Waals surface area contributed by atoms with Gasteiger partial charge in [-0.2, -0.15) is 0 Å². The van der Waals surface area contributed by atoms with Crippen molar-refractivity contribution in [2.24, 2.45) is 0 Å². The molecule has 3 aromatic rings. The van der Waals surface area contributed by atoms with Crippen LogP contribution in [0.25, 0.3) is 0 Å². The van der Waals surface area contributed by atoms with Crippen LogP contribution >= 0.6 is 22.7 Å². The van der Waals surface area contributed by atoms with Crippen LogP contribution in [0.2, 0.25) is 0 Å². The Morgan fingerprint density at radius 2 is 1.88 bits per heavy atom. The third-order valence-corrected chi connectivity index (χ3v) is 4.33. The first-order chi connectivity index (χ1) is 12.3. The Morgan fingerprint density at radius 1 is 1.15 bits per heavy atom. The van der Waals surface area contributed by atoms with Crippen molar-refractivity contribution in [2.75, 3.05) is 10.6 Å². The number of nitrogens with zero attached hydrogens (tertiary/aromatic N) is 3. The average Bonchev–Trinajstić information content (AvgIpc) is 3.17. The van der Waals surface area contributed by atoms with Crippen molar-refractivity contribution < 1.29 is 22.7 Å². The van der Waals surface area contributed by atoms with E-state index in [1.54, 1.807) is 12.3 Å². The standard InChI is InChI=1S/C14H10F3N5O2S2/c1-7-21-22-13(26-7)20-11(23)10-6-25-12(19-10)18-8-2-4-9(5-3-8)24-14(15,16)17/h2-6H,1H3,(H,18,19)(H,20,22,23). The highest BCUT2D eigenvalue weighted by atomic mass is 32.1. The topological polar surface area (TPSA) is 89.0 Å². The lowest BCUT2D eigenvalue weighted by Gasteiger charge is -2.09. The molecule has 26 heavy (non-hydrogen) atoms. The summed E-state index contributed by atoms with van der Waals surface area (Å²) in [6.07, 6.45) is -4.74. The molecular weight excluding hydrogens is 391 g/mol. The van der Waals surface area contributed by atoms with Gasteiger partial charge in [-0.25, -0.2) is 4.98 Å². The maximum absolute atomic E-state index is 12.1. The lowest BCUT2D eigenvalue weighted by Crippen LogP contribution is -2.16. The summed E-state index contributed by atoms with van der Waals surface area (Å²) in [4.78, 5) is 16.2. The second-order valence-electron chi connectivity index (χ2n) is 4.82. The molecule has 0 fully saturated rings. The van der Waals surface area contributed by atoms with Gasteiger partial charge >= 0.3 is 6.36 Å². The van der Waals surface area contributed by atoms with E-state index in [4.69, 9.17) is 0 Å². The fourth-order valence-corrected chi connectivity index (χ4v) is 3.10. The average molecular weight is 401 g/mol. The minimum atomic E-state index is -4.74. The van der Waals surface area contributed by atoms with Gasteiger partial charge in [-0.05, 0) is 31.2 Å². The Morgan fingerprint density at radius 3 is 2.50 bits per heavy atom. The van der Waals surface area contributed by atoms with E-state index in [0.717, 1.165) is 5.01 Å². The van der Waals surface area contributed by atoms with Gasteiger partial charge < -0.3 is 10.1 Å². The zero-order valence-corrected chi connectivity index (χ0v) is 14.6. The van der Waals surface area contributed by atoms with Crippen molar-refractivity contribution in [3.05, 3.63) is 40.3 Å². The number of nitrogens with one attached hydrogen (secondary N) is 2. The van der Waals surface area contributed by atoms with Crippen LogP contribution in [0.5, 0.6) is 5.75 Å². The highest BCUT2D eigenvalue weighted by Gasteiger charge is 2.30. The molecular formula is C14H10F3N5O2S2. The number of rotatable bonds is 5. The Balaban J connectivity index is 1.62. The summed E-state index contributed by atoms with van der Waals surface area (Å²) in [6, 6.07) is 5.17. The summed E-state index contributed by atoms with van der Waals surface area (Å²) in [7, 11) is 0. The van der Waals surface area contributed by atoms with Gasteiger partial charge in [0.15, 0.2) is 5.13 Å². The van der Waals surface area contributed by atoms with Crippen LogP contribution in [0.4, 0.5) is 29.1 Å². The number of thiazole rings is 1. The fourth-order valence-electron chi connectivity index (χ4n) is 1.81. The van der Waals surface area contributed by atoms with Crippen LogP contribution in [-0.4, -0.2) is 27.5 Å². The minimum Gasteiger partial charge on any atom is -0.406 e. The van der Waals surface area contributed by atoms with Crippen LogP contribution in [0, 0.1) is 6.92 Å². The van der Waals surface area contributed by atoms with Crippen molar-refractivity contribution >= 4 is 44.5 Å². The van der Waals surface area contributed by atoms with Crippen LogP contribution in [0.15, 0.2) is 29.6 Å². The lowest BCUT2D eigenvalue weighted by molar-refractivity contribution is -0.274. The number of halogens is 3. The van der Waals surface area contributed by atoms with E-state index in [1.807, 2.05) is 0 Å². The summed E-state index contributed by atoms with van der Waals surface area (Å²) in [5.74, 6) is -0.756. The molecule has 7 nitrogen and oxygen atoms in total. The van der Waals surface area contributed by atoms with Crippen LogP contribution < -0.4 is 15.4 Å². The number of hydrogen-bond donors (Lipinski definition) is 2. The molecule has 2 aromatic heterocycles. The number of aryl methyl sites for hydroxylation is 1. The van der Waals surface area contributed by atoms with E-state index in [1.165, 1.54) is 46.9 Å². The highest BCUT2D eigenvalue weighted by Crippen LogP contribution is 2.26. The minimum absolute atomic E-state index is 0.183. The van der Waals surface area contributed by atoms with Crippen LogP contribution in [0.3, 0.4) is 0 Å². The van der Waals surface area contributed by atoms with Gasteiger partial charge in [0.05, 0.1) is 0 Å². The van der Waals surface area contributed by atoms with Gasteiger partial charge in [-0.3, -0.25) is 10.1 Å². The van der Waals surface area contributed by atoms with Crippen molar-refractivity contribution in [2.45, 2.75) is 13.3 Å². The van der Waals surface area contributed by atoms with Gasteiger partial charge in [0.1, 0.15) is 16.5 Å². The van der Waals surface area contributed by atoms with Crippen LogP contribution in [0.1, 0.15) is 15.5 Å². The molecule has 0 aliphatic heterocycles. The number of aromatic nitrogens is 3. The molecule has 0 radical (unpaired) electrons. The number of benzene rings is 1. The molecule has 2 N–H and O–H groups in total. The Bertz CT molecular complexity index is 908. The number of carbonyl (C=O) groups excluding carboxylic acids is 1. The zero-order chi connectivity index (χ0) is 18.7. The van der Waals surface area contributed by atoms with Gasteiger partial charge in [0.25, 0.3) is 5.91 Å². The van der Waals surface area contributed by atoms with E-state index < -0.39 is 12.3 Å². The predicted octanol–water partition coefficient (Wildman–Crippen LogP) is 4.20. The number of hydrogen-bond acceptors (Lipinski definition) is 8. The monoisotopic (exact) mass is 401 g/mol. The molecule has 0 spiro atoms. The van der Waals surface area contributed by atoms with Crippen molar-refractivity contribution in [1.29, 1.82) is 0 Å². The maximum atomic E-state index is 12.1. The molecule has 0 saturated heterocycles. The van der Waals surface area contributed by atoms with Crippen molar-refractivity contribution in [3.8, 4) is 5.75 Å². The third-order valence-electron chi connectivity index (χ3n) is 2.82. The second-order valence-corrected chi connectivity index (χ2v) is 6.86. The normalized spacial score (nSPS) is 11.2. The number of anilines is 3. The summed E-state index contributed by atoms with van der Waals surface area (Å²) in [6.45, 7) is 1.77. The molecule has 2 heterocycles. The smallest absolute Gasteiger partial charge is 0.406 e. The molecule has 136 valence electrons. The molecule has 0 saturated carbocycles. The summed E-state index contributed by atoms with van der Waals surface area (Å²) in [5.41, 5.74) is 0.683. The summed E-state index contributed by atoms with van der Waals surface area (Å²) >= 11 is 2.41. The molecule has 0 unspecified atom stereocenters. The SMILES string of the molecule is Cc1nnc(NC(=O)c2csc(Nc3ccc(OC(F)(F)F)cc3)n2)s1. The largest absolute Gasteiger partial charge is 0.573 e. The number of ether oxygens (including phenoxy) is 1. The zero-order valence-electron chi connectivity index (χ0n) is 13.0. The third kappa shape index (κ3) is 4.89. The van der Waals surface area contributed by atoms with E-state index in [9.17, 15) is 18.0 Å². The van der Waals surface area contributed by atoms with Gasteiger partial charge in [0.2, 0.25) is 5.13 Å². The first-order valence-corrected chi connectivity index (χ1v) is 8.68. The highest BCUT2D eigenvalue weighted by molar-refractivity contribution is 7.15. The first-order valence-electron chi connectivity index (χ1n) is 6.98. The first kappa shape index (κ1) is 18.1. The molecule has 0 bridgehead atoms. The van der Waals surface area contributed by atoms with Gasteiger partial charge in [0, 0.05) is 11.1 Å². The number of alkyl halides is 3. The molecule has 1 amide bonds. The van der Waals surface area contributed by atoms with E-state index in [2.05, 4.69) is 30.6 Å². The molecule has 0 atom stereocenters. The molecule has 3 rings (SSSR count). The Hall–Kier alpha value is -2.73. The maximum Gasteiger partial charge on any atom is 0.573 e. The molecule has 0 aliphatic rings. The number of carbonyl (C=O) groups is 1. The molecule has 12 heteroatoms.